The van der Waals surface area contributed by atoms with E-state index in [1.165, 1.54) is 11.3 Å². The lowest BCUT2D eigenvalue weighted by molar-refractivity contribution is -0.139. The van der Waals surface area contributed by atoms with E-state index in [9.17, 15) is 10.1 Å². The monoisotopic (exact) mass is 465 g/mol. The largest absolute Gasteiger partial charge is 0.493 e. The van der Waals surface area contributed by atoms with Gasteiger partial charge in [-0.15, -0.1) is 11.3 Å². The fraction of sp³-hybridized carbons (Fsp3) is 0.320. The summed E-state index contributed by atoms with van der Waals surface area (Å²) >= 11 is 1.41. The van der Waals surface area contributed by atoms with Crippen molar-refractivity contribution in [1.82, 2.24) is 9.55 Å². The van der Waals surface area contributed by atoms with Crippen molar-refractivity contribution in [1.29, 1.82) is 5.26 Å². The first-order valence-electron chi connectivity index (χ1n) is 10.5. The van der Waals surface area contributed by atoms with Gasteiger partial charge in [0.05, 0.1) is 25.5 Å². The fourth-order valence-corrected chi connectivity index (χ4v) is 4.43. The highest BCUT2D eigenvalue weighted by Crippen LogP contribution is 2.39. The number of carbonyl (C=O) groups is 1. The predicted octanol–water partition coefficient (Wildman–Crippen LogP) is 5.31. The number of benzene rings is 1. The molecule has 0 N–H and O–H groups in total. The zero-order valence-corrected chi connectivity index (χ0v) is 20.3. The molecule has 0 saturated carbocycles. The normalized spacial score (nSPS) is 11.2. The first-order chi connectivity index (χ1) is 15.9. The van der Waals surface area contributed by atoms with Gasteiger partial charge in [0.25, 0.3) is 0 Å². The van der Waals surface area contributed by atoms with Crippen LogP contribution in [0.2, 0.25) is 0 Å². The van der Waals surface area contributed by atoms with Gasteiger partial charge in [0, 0.05) is 23.3 Å². The maximum Gasteiger partial charge on any atom is 0.349 e. The molecule has 0 amide bonds. The molecule has 0 saturated heterocycles. The maximum atomic E-state index is 12.6. The lowest BCUT2D eigenvalue weighted by atomic mass is 10.1. The zero-order valence-electron chi connectivity index (χ0n) is 19.5. The molecule has 0 spiro atoms. The van der Waals surface area contributed by atoms with Crippen LogP contribution in [0.15, 0.2) is 35.2 Å². The van der Waals surface area contributed by atoms with Crippen LogP contribution in [0.3, 0.4) is 0 Å². The molecule has 3 aromatic rings. The number of rotatable bonds is 9. The van der Waals surface area contributed by atoms with Gasteiger partial charge in [0.15, 0.2) is 11.5 Å². The molecule has 0 radical (unpaired) electrons. The van der Waals surface area contributed by atoms with Gasteiger partial charge in [0.2, 0.25) is 0 Å². The minimum atomic E-state index is -0.675. The van der Waals surface area contributed by atoms with Crippen LogP contribution in [0.4, 0.5) is 0 Å². The van der Waals surface area contributed by atoms with Crippen LogP contribution in [0.25, 0.3) is 16.6 Å². The van der Waals surface area contributed by atoms with Crippen molar-refractivity contribution >= 4 is 23.4 Å². The van der Waals surface area contributed by atoms with Crippen LogP contribution >= 0.6 is 11.3 Å². The summed E-state index contributed by atoms with van der Waals surface area (Å²) in [5.41, 5.74) is 4.29. The molecule has 2 heterocycles. The summed E-state index contributed by atoms with van der Waals surface area (Å²) in [6.45, 7) is 6.97. The van der Waals surface area contributed by atoms with Gasteiger partial charge < -0.3 is 18.8 Å². The summed E-state index contributed by atoms with van der Waals surface area (Å²) in [6.07, 6.45) is 2.59. The number of nitrogens with zero attached hydrogens (tertiary/aromatic N) is 3. The van der Waals surface area contributed by atoms with Crippen molar-refractivity contribution in [3.63, 3.8) is 0 Å². The molecule has 2 aromatic heterocycles. The Morgan fingerprint density at radius 3 is 2.73 bits per heavy atom. The Morgan fingerprint density at radius 2 is 2.06 bits per heavy atom. The Bertz CT molecular complexity index is 1220. The number of ether oxygens (including phenoxy) is 3. The molecule has 0 atom stereocenters. The Balaban J connectivity index is 1.74. The second-order valence-electron chi connectivity index (χ2n) is 7.41. The number of aryl methyl sites for hydroxylation is 1. The van der Waals surface area contributed by atoms with E-state index in [0.717, 1.165) is 40.5 Å². The minimum Gasteiger partial charge on any atom is -0.493 e. The third-order valence-electron chi connectivity index (χ3n) is 5.24. The Labute approximate surface area is 197 Å². The number of thiazole rings is 1. The van der Waals surface area contributed by atoms with Crippen LogP contribution < -0.4 is 9.47 Å². The number of carbonyl (C=O) groups excluding carboxylic acids is 1. The van der Waals surface area contributed by atoms with E-state index < -0.39 is 5.97 Å². The van der Waals surface area contributed by atoms with Crippen LogP contribution in [-0.4, -0.2) is 29.7 Å². The number of methoxy groups -OCH3 is 2. The summed E-state index contributed by atoms with van der Waals surface area (Å²) in [5.74, 6) is 0.528. The number of hydrogen-bond donors (Lipinski definition) is 0. The van der Waals surface area contributed by atoms with Gasteiger partial charge >= 0.3 is 5.97 Å². The van der Waals surface area contributed by atoms with Gasteiger partial charge in [-0.2, -0.15) is 5.26 Å². The van der Waals surface area contributed by atoms with E-state index in [2.05, 4.69) is 16.5 Å². The number of hydrogen-bond acceptors (Lipinski definition) is 7. The molecular weight excluding hydrogens is 438 g/mol. The smallest absolute Gasteiger partial charge is 0.349 e. The number of para-hydroxylation sites is 1. The molecule has 7 nitrogen and oxygen atoms in total. The summed E-state index contributed by atoms with van der Waals surface area (Å²) in [4.78, 5) is 17.1. The Kier molecular flexibility index (Phi) is 7.91. The van der Waals surface area contributed by atoms with Crippen molar-refractivity contribution in [2.45, 2.75) is 40.3 Å². The number of aromatic nitrogens is 2. The second-order valence-corrected chi connectivity index (χ2v) is 8.27. The van der Waals surface area contributed by atoms with Crippen molar-refractivity contribution in [2.24, 2.45) is 0 Å². The molecule has 0 aliphatic carbocycles. The van der Waals surface area contributed by atoms with Crippen LogP contribution in [-0.2, 0) is 22.7 Å². The zero-order chi connectivity index (χ0) is 24.0. The van der Waals surface area contributed by atoms with Crippen molar-refractivity contribution in [3.05, 3.63) is 57.9 Å². The third kappa shape index (κ3) is 5.26. The molecule has 172 valence electrons. The van der Waals surface area contributed by atoms with Gasteiger partial charge in [-0.05, 0) is 50.1 Å². The van der Waals surface area contributed by atoms with E-state index in [0.29, 0.717) is 17.2 Å². The standard InChI is InChI=1S/C25H27N3O4S/c1-6-10-28-16(2)11-18(17(28)3)12-19(13-26)25(29)32-14-20-15-33-24(27-20)21-8-7-9-22(30-4)23(21)31-5/h7-9,11-12,15H,6,10,14H2,1-5H3/b19-12+. The molecule has 33 heavy (non-hydrogen) atoms. The minimum absolute atomic E-state index is 0.0322. The molecule has 3 rings (SSSR count). The van der Waals surface area contributed by atoms with E-state index in [4.69, 9.17) is 14.2 Å². The summed E-state index contributed by atoms with van der Waals surface area (Å²) < 4.78 is 18.4. The SMILES string of the molecule is CCCn1c(C)cc(/C=C(\C#N)C(=O)OCc2csc(-c3cccc(OC)c3OC)n2)c1C. The summed E-state index contributed by atoms with van der Waals surface area (Å²) in [7, 11) is 3.16. The molecule has 0 aliphatic heterocycles. The highest BCUT2D eigenvalue weighted by molar-refractivity contribution is 7.13. The second kappa shape index (κ2) is 10.8. The molecule has 0 aliphatic rings. The fourth-order valence-electron chi connectivity index (χ4n) is 3.60. The average Bonchev–Trinajstić information content (AvgIpc) is 3.40. The van der Waals surface area contributed by atoms with E-state index in [1.54, 1.807) is 20.3 Å². The van der Waals surface area contributed by atoms with E-state index in [-0.39, 0.29) is 12.2 Å². The summed E-state index contributed by atoms with van der Waals surface area (Å²) in [6, 6.07) is 9.50. The highest BCUT2D eigenvalue weighted by Gasteiger charge is 2.17. The van der Waals surface area contributed by atoms with E-state index >= 15 is 0 Å². The molecule has 8 heteroatoms. The molecule has 1 aromatic carbocycles. The molecule has 0 fully saturated rings. The molecular formula is C25H27N3O4S. The number of nitriles is 1. The summed E-state index contributed by atoms with van der Waals surface area (Å²) in [5, 5.41) is 12.1. The third-order valence-corrected chi connectivity index (χ3v) is 6.16. The van der Waals surface area contributed by atoms with Gasteiger partial charge in [-0.3, -0.25) is 0 Å². The van der Waals surface area contributed by atoms with E-state index in [1.807, 2.05) is 49.6 Å². The van der Waals surface area contributed by atoms with Crippen molar-refractivity contribution < 1.29 is 19.0 Å². The molecule has 0 unspecified atom stereocenters. The lowest BCUT2D eigenvalue weighted by Gasteiger charge is -2.10. The topological polar surface area (TPSA) is 86.4 Å². The lowest BCUT2D eigenvalue weighted by Crippen LogP contribution is -2.07. The van der Waals surface area contributed by atoms with Crippen molar-refractivity contribution in [3.8, 4) is 28.1 Å². The number of esters is 1. The quantitative estimate of drug-likeness (QED) is 0.242. The maximum absolute atomic E-state index is 12.6. The molecule has 0 bridgehead atoms. The Morgan fingerprint density at radius 1 is 1.27 bits per heavy atom. The van der Waals surface area contributed by atoms with Gasteiger partial charge in [-0.1, -0.05) is 13.0 Å². The highest BCUT2D eigenvalue weighted by atomic mass is 32.1. The van der Waals surface area contributed by atoms with Gasteiger partial charge in [0.1, 0.15) is 23.3 Å². The first-order valence-corrected chi connectivity index (χ1v) is 11.4. The predicted molar refractivity (Wildman–Crippen MR) is 128 cm³/mol. The average molecular weight is 466 g/mol. The van der Waals surface area contributed by atoms with Crippen molar-refractivity contribution in [2.75, 3.05) is 14.2 Å². The van der Waals surface area contributed by atoms with Crippen LogP contribution in [0, 0.1) is 25.2 Å². The first kappa shape index (κ1) is 24.1. The van der Waals surface area contributed by atoms with Crippen LogP contribution in [0.1, 0.15) is 36.0 Å². The van der Waals surface area contributed by atoms with Gasteiger partial charge in [-0.25, -0.2) is 9.78 Å². The Hall–Kier alpha value is -3.57. The van der Waals surface area contributed by atoms with Crippen LogP contribution in [0.5, 0.6) is 11.5 Å².